The highest BCUT2D eigenvalue weighted by Gasteiger charge is 2.22. The van der Waals surface area contributed by atoms with E-state index in [4.69, 9.17) is 15.2 Å². The molecule has 1 atom stereocenters. The molecule has 20 heavy (non-hydrogen) atoms. The number of nitrogens with two attached hydrogens (primary N) is 1. The fourth-order valence-corrected chi connectivity index (χ4v) is 2.38. The van der Waals surface area contributed by atoms with Gasteiger partial charge in [-0.1, -0.05) is 0 Å². The lowest BCUT2D eigenvalue weighted by Crippen LogP contribution is -2.13. The molecule has 1 aliphatic heterocycles. The van der Waals surface area contributed by atoms with E-state index in [9.17, 15) is 0 Å². The Balaban J connectivity index is 1.48. The Hall–Kier alpha value is -1.49. The Kier molecular flexibility index (Phi) is 4.25. The predicted octanol–water partition coefficient (Wildman–Crippen LogP) is 2.43. The fraction of sp³-hybridized carbons (Fsp3) is 0.667. The SMILES string of the molecule is Nc1ccc(NCCC2CCCO2)nc1OCC1CC1. The van der Waals surface area contributed by atoms with E-state index in [0.29, 0.717) is 23.6 Å². The summed E-state index contributed by atoms with van der Waals surface area (Å²) >= 11 is 0. The molecule has 2 heterocycles. The van der Waals surface area contributed by atoms with Gasteiger partial charge in [-0.25, -0.2) is 0 Å². The van der Waals surface area contributed by atoms with Gasteiger partial charge in [-0.2, -0.15) is 4.98 Å². The number of hydrogen-bond acceptors (Lipinski definition) is 5. The zero-order valence-corrected chi connectivity index (χ0v) is 11.8. The Morgan fingerprint density at radius 3 is 3.00 bits per heavy atom. The molecule has 0 aromatic carbocycles. The first-order chi connectivity index (χ1) is 9.81. The first-order valence-corrected chi connectivity index (χ1v) is 7.56. The molecule has 1 unspecified atom stereocenters. The van der Waals surface area contributed by atoms with Crippen molar-refractivity contribution >= 4 is 11.5 Å². The minimum atomic E-state index is 0.405. The Labute approximate surface area is 119 Å². The van der Waals surface area contributed by atoms with E-state index < -0.39 is 0 Å². The van der Waals surface area contributed by atoms with E-state index in [1.54, 1.807) is 0 Å². The van der Waals surface area contributed by atoms with Crippen molar-refractivity contribution in [2.75, 3.05) is 30.8 Å². The van der Waals surface area contributed by atoms with E-state index in [1.165, 1.54) is 25.7 Å². The van der Waals surface area contributed by atoms with Crippen LogP contribution in [0.2, 0.25) is 0 Å². The number of ether oxygens (including phenoxy) is 2. The predicted molar refractivity (Wildman–Crippen MR) is 78.9 cm³/mol. The van der Waals surface area contributed by atoms with Gasteiger partial charge in [0.15, 0.2) is 0 Å². The number of nitrogen functional groups attached to an aromatic ring is 1. The zero-order valence-electron chi connectivity index (χ0n) is 11.8. The molecule has 0 radical (unpaired) electrons. The van der Waals surface area contributed by atoms with E-state index in [2.05, 4.69) is 10.3 Å². The molecule has 5 nitrogen and oxygen atoms in total. The maximum atomic E-state index is 5.89. The monoisotopic (exact) mass is 277 g/mol. The van der Waals surface area contributed by atoms with Gasteiger partial charge < -0.3 is 20.5 Å². The summed E-state index contributed by atoms with van der Waals surface area (Å²) in [5.74, 6) is 2.08. The number of anilines is 2. The lowest BCUT2D eigenvalue weighted by Gasteiger charge is -2.12. The summed E-state index contributed by atoms with van der Waals surface area (Å²) in [5, 5.41) is 3.32. The van der Waals surface area contributed by atoms with Crippen LogP contribution >= 0.6 is 0 Å². The van der Waals surface area contributed by atoms with Crippen LogP contribution in [0.15, 0.2) is 12.1 Å². The van der Waals surface area contributed by atoms with Crippen molar-refractivity contribution < 1.29 is 9.47 Å². The Morgan fingerprint density at radius 2 is 2.25 bits per heavy atom. The summed E-state index contributed by atoms with van der Waals surface area (Å²) in [6.45, 7) is 2.50. The highest BCUT2D eigenvalue weighted by Crippen LogP contribution is 2.30. The second-order valence-electron chi connectivity index (χ2n) is 5.70. The maximum Gasteiger partial charge on any atom is 0.239 e. The molecule has 1 aromatic rings. The summed E-state index contributed by atoms with van der Waals surface area (Å²) in [6, 6.07) is 3.75. The lowest BCUT2D eigenvalue weighted by atomic mass is 10.2. The van der Waals surface area contributed by atoms with Gasteiger partial charge in [-0.05, 0) is 50.2 Å². The summed E-state index contributed by atoms with van der Waals surface area (Å²) in [7, 11) is 0. The normalized spacial score (nSPS) is 21.9. The smallest absolute Gasteiger partial charge is 0.239 e. The largest absolute Gasteiger partial charge is 0.476 e. The van der Waals surface area contributed by atoms with Crippen LogP contribution in [0.3, 0.4) is 0 Å². The van der Waals surface area contributed by atoms with Crippen molar-refractivity contribution in [1.82, 2.24) is 4.98 Å². The van der Waals surface area contributed by atoms with Crippen LogP contribution in [0.5, 0.6) is 5.88 Å². The quantitative estimate of drug-likeness (QED) is 0.801. The third kappa shape index (κ3) is 3.76. The van der Waals surface area contributed by atoms with Crippen LogP contribution in [-0.4, -0.2) is 30.8 Å². The van der Waals surface area contributed by atoms with Crippen LogP contribution in [-0.2, 0) is 4.74 Å². The van der Waals surface area contributed by atoms with Gasteiger partial charge in [0.05, 0.1) is 18.4 Å². The van der Waals surface area contributed by atoms with Crippen LogP contribution in [0, 0.1) is 5.92 Å². The molecule has 110 valence electrons. The first kappa shape index (κ1) is 13.5. The minimum absolute atomic E-state index is 0.405. The van der Waals surface area contributed by atoms with E-state index in [1.807, 2.05) is 12.1 Å². The summed E-state index contributed by atoms with van der Waals surface area (Å²) in [5.41, 5.74) is 6.50. The van der Waals surface area contributed by atoms with Crippen molar-refractivity contribution in [3.63, 3.8) is 0 Å². The third-order valence-corrected chi connectivity index (χ3v) is 3.84. The van der Waals surface area contributed by atoms with Gasteiger partial charge >= 0.3 is 0 Å². The highest BCUT2D eigenvalue weighted by molar-refractivity contribution is 5.53. The zero-order chi connectivity index (χ0) is 13.8. The van der Waals surface area contributed by atoms with Crippen molar-refractivity contribution in [3.8, 4) is 5.88 Å². The first-order valence-electron chi connectivity index (χ1n) is 7.56. The topological polar surface area (TPSA) is 69.4 Å². The van der Waals surface area contributed by atoms with Gasteiger partial charge in [0, 0.05) is 13.2 Å². The van der Waals surface area contributed by atoms with Gasteiger partial charge in [0.25, 0.3) is 0 Å². The molecule has 0 spiro atoms. The van der Waals surface area contributed by atoms with Crippen LogP contribution in [0.25, 0.3) is 0 Å². The summed E-state index contributed by atoms with van der Waals surface area (Å²) in [6.07, 6.45) is 6.31. The second kappa shape index (κ2) is 6.31. The van der Waals surface area contributed by atoms with Crippen molar-refractivity contribution in [2.45, 2.75) is 38.2 Å². The Bertz CT molecular complexity index is 443. The summed E-state index contributed by atoms with van der Waals surface area (Å²) in [4.78, 5) is 4.44. The van der Waals surface area contributed by atoms with Gasteiger partial charge in [-0.15, -0.1) is 0 Å². The molecule has 0 bridgehead atoms. The number of pyridine rings is 1. The van der Waals surface area contributed by atoms with Gasteiger partial charge in [0.1, 0.15) is 5.82 Å². The van der Waals surface area contributed by atoms with Crippen molar-refractivity contribution in [3.05, 3.63) is 12.1 Å². The second-order valence-corrected chi connectivity index (χ2v) is 5.70. The molecule has 2 fully saturated rings. The fourth-order valence-electron chi connectivity index (χ4n) is 2.38. The summed E-state index contributed by atoms with van der Waals surface area (Å²) < 4.78 is 11.3. The molecule has 1 saturated heterocycles. The number of rotatable bonds is 7. The highest BCUT2D eigenvalue weighted by atomic mass is 16.5. The van der Waals surface area contributed by atoms with Crippen LogP contribution in [0.4, 0.5) is 11.5 Å². The number of aromatic nitrogens is 1. The van der Waals surface area contributed by atoms with E-state index >= 15 is 0 Å². The number of nitrogens with zero attached hydrogens (tertiary/aromatic N) is 1. The minimum Gasteiger partial charge on any atom is -0.476 e. The molecule has 0 amide bonds. The standard InChI is InChI=1S/C15H23N3O2/c16-13-5-6-14(17-8-7-12-2-1-9-19-12)18-15(13)20-10-11-3-4-11/h5-6,11-12H,1-4,7-10,16H2,(H,17,18). The molecule has 1 aromatic heterocycles. The molecule has 1 saturated carbocycles. The van der Waals surface area contributed by atoms with Crippen LogP contribution < -0.4 is 15.8 Å². The lowest BCUT2D eigenvalue weighted by molar-refractivity contribution is 0.107. The number of nitrogens with one attached hydrogen (secondary N) is 1. The van der Waals surface area contributed by atoms with Crippen molar-refractivity contribution in [1.29, 1.82) is 0 Å². The maximum absolute atomic E-state index is 5.89. The number of hydrogen-bond donors (Lipinski definition) is 2. The van der Waals surface area contributed by atoms with Gasteiger partial charge in [-0.3, -0.25) is 0 Å². The average Bonchev–Trinajstić information content (AvgIpc) is 3.14. The average molecular weight is 277 g/mol. The molecule has 2 aliphatic rings. The third-order valence-electron chi connectivity index (χ3n) is 3.84. The molecular weight excluding hydrogens is 254 g/mol. The molecule has 1 aliphatic carbocycles. The Morgan fingerprint density at radius 1 is 1.35 bits per heavy atom. The van der Waals surface area contributed by atoms with E-state index in [-0.39, 0.29) is 0 Å². The molecular formula is C15H23N3O2. The van der Waals surface area contributed by atoms with Crippen molar-refractivity contribution in [2.24, 2.45) is 5.92 Å². The van der Waals surface area contributed by atoms with Crippen LogP contribution in [0.1, 0.15) is 32.1 Å². The van der Waals surface area contributed by atoms with E-state index in [0.717, 1.165) is 32.0 Å². The molecule has 3 N–H and O–H groups in total. The molecule has 3 rings (SSSR count). The molecule has 5 heteroatoms. The van der Waals surface area contributed by atoms with Gasteiger partial charge in [0.2, 0.25) is 5.88 Å².